The van der Waals surface area contributed by atoms with Gasteiger partial charge in [-0.15, -0.1) is 0 Å². The first kappa shape index (κ1) is 18.1. The average Bonchev–Trinajstić information content (AvgIpc) is 3.42. The molecule has 3 aromatic rings. The Balaban J connectivity index is 1.11. The summed E-state index contributed by atoms with van der Waals surface area (Å²) < 4.78 is 11.7. The van der Waals surface area contributed by atoms with Crippen molar-refractivity contribution in [2.45, 2.75) is 18.5 Å². The summed E-state index contributed by atoms with van der Waals surface area (Å²) >= 11 is 1.42. The fourth-order valence-corrected chi connectivity index (χ4v) is 4.85. The summed E-state index contributed by atoms with van der Waals surface area (Å²) in [5.41, 5.74) is 6.25. The highest BCUT2D eigenvalue weighted by atomic mass is 32.1. The summed E-state index contributed by atoms with van der Waals surface area (Å²) in [7, 11) is 0. The van der Waals surface area contributed by atoms with Gasteiger partial charge in [0.2, 0.25) is 0 Å². The molecule has 2 bridgehead atoms. The van der Waals surface area contributed by atoms with Crippen LogP contribution in [0.4, 0.5) is 4.79 Å². The van der Waals surface area contributed by atoms with Crippen molar-refractivity contribution in [3.63, 3.8) is 0 Å². The summed E-state index contributed by atoms with van der Waals surface area (Å²) in [6, 6.07) is 11.7. The smallest absolute Gasteiger partial charge is 0.315 e. The molecule has 4 heterocycles. The normalized spacial score (nSPS) is 21.0. The molecule has 2 aromatic heterocycles. The Morgan fingerprint density at radius 1 is 1.17 bits per heavy atom. The third-order valence-electron chi connectivity index (χ3n) is 5.46. The standard InChI is InChI=1S/C20H21N5O3S/c21-19(26)25-12-13-10-14(25)11-24(13)8-9-27-15-3-5-16(6-4-15)28-20-23-17-2-1-7-22-18(17)29-20/h1-7,13-14H,8-12H2,(H2,21,26)/t13-,14-/m0/s1. The van der Waals surface area contributed by atoms with Crippen LogP contribution in [0.5, 0.6) is 16.7 Å². The van der Waals surface area contributed by atoms with Gasteiger partial charge in [0.25, 0.3) is 5.19 Å². The number of hydrogen-bond donors (Lipinski definition) is 1. The number of carbonyl (C=O) groups is 1. The molecule has 0 spiro atoms. The third-order valence-corrected chi connectivity index (χ3v) is 6.32. The average molecular weight is 411 g/mol. The van der Waals surface area contributed by atoms with Crippen LogP contribution in [0.15, 0.2) is 42.6 Å². The minimum absolute atomic E-state index is 0.256. The molecular formula is C20H21N5O3S. The van der Waals surface area contributed by atoms with E-state index < -0.39 is 0 Å². The summed E-state index contributed by atoms with van der Waals surface area (Å²) in [5, 5.41) is 0.571. The van der Waals surface area contributed by atoms with Crippen LogP contribution in [0.25, 0.3) is 10.3 Å². The Hall–Kier alpha value is -2.91. The van der Waals surface area contributed by atoms with E-state index in [9.17, 15) is 4.79 Å². The number of nitrogens with two attached hydrogens (primary N) is 1. The number of pyridine rings is 1. The lowest BCUT2D eigenvalue weighted by Crippen LogP contribution is -2.51. The van der Waals surface area contributed by atoms with Gasteiger partial charge < -0.3 is 20.1 Å². The highest BCUT2D eigenvalue weighted by Crippen LogP contribution is 2.31. The number of likely N-dealkylation sites (tertiary alicyclic amines) is 2. The van der Waals surface area contributed by atoms with Gasteiger partial charge in [0.05, 0.1) is 0 Å². The Kier molecular flexibility index (Phi) is 4.69. The van der Waals surface area contributed by atoms with Gasteiger partial charge >= 0.3 is 6.03 Å². The van der Waals surface area contributed by atoms with E-state index in [4.69, 9.17) is 15.2 Å². The maximum atomic E-state index is 11.4. The number of amides is 2. The number of nitrogens with zero attached hydrogens (tertiary/aromatic N) is 4. The fourth-order valence-electron chi connectivity index (χ4n) is 4.07. The molecule has 0 radical (unpaired) electrons. The molecule has 2 saturated heterocycles. The summed E-state index contributed by atoms with van der Waals surface area (Å²) in [5.74, 6) is 1.51. The van der Waals surface area contributed by atoms with Gasteiger partial charge in [0.15, 0.2) is 0 Å². The number of urea groups is 1. The van der Waals surface area contributed by atoms with Gasteiger partial charge in [0.1, 0.15) is 28.5 Å². The van der Waals surface area contributed by atoms with Crippen molar-refractivity contribution in [1.82, 2.24) is 19.8 Å². The molecule has 2 aliphatic rings. The fraction of sp³-hybridized carbons (Fsp3) is 0.350. The number of carbonyl (C=O) groups excluding carboxylic acids is 1. The van der Waals surface area contributed by atoms with Crippen molar-refractivity contribution in [3.05, 3.63) is 42.6 Å². The second-order valence-corrected chi connectivity index (χ2v) is 8.20. The molecule has 0 unspecified atom stereocenters. The molecule has 0 aliphatic carbocycles. The number of benzene rings is 1. The number of thiazole rings is 1. The first-order valence-corrected chi connectivity index (χ1v) is 10.4. The number of rotatable bonds is 6. The van der Waals surface area contributed by atoms with E-state index in [-0.39, 0.29) is 12.1 Å². The van der Waals surface area contributed by atoms with Crippen LogP contribution in [-0.2, 0) is 0 Å². The first-order valence-electron chi connectivity index (χ1n) is 9.58. The maximum Gasteiger partial charge on any atom is 0.315 e. The van der Waals surface area contributed by atoms with Crippen molar-refractivity contribution in [1.29, 1.82) is 0 Å². The Bertz CT molecular complexity index is 991. The number of piperazine rings is 1. The largest absolute Gasteiger partial charge is 0.492 e. The van der Waals surface area contributed by atoms with Crippen molar-refractivity contribution in [2.24, 2.45) is 5.73 Å². The topological polar surface area (TPSA) is 93.8 Å². The lowest BCUT2D eigenvalue weighted by atomic mass is 10.2. The summed E-state index contributed by atoms with van der Waals surface area (Å²) in [6.07, 6.45) is 2.76. The molecule has 1 aromatic carbocycles. The molecule has 150 valence electrons. The molecule has 0 saturated carbocycles. The number of hydrogen-bond acceptors (Lipinski definition) is 7. The minimum atomic E-state index is -0.308. The zero-order valence-electron chi connectivity index (χ0n) is 15.7. The van der Waals surface area contributed by atoms with Crippen LogP contribution < -0.4 is 15.2 Å². The lowest BCUT2D eigenvalue weighted by Gasteiger charge is -2.33. The third kappa shape index (κ3) is 3.70. The monoisotopic (exact) mass is 411 g/mol. The highest BCUT2D eigenvalue weighted by Gasteiger charge is 2.44. The second kappa shape index (κ2) is 7.49. The van der Waals surface area contributed by atoms with Gasteiger partial charge in [-0.1, -0.05) is 11.3 Å². The number of primary amides is 1. The van der Waals surface area contributed by atoms with Crippen molar-refractivity contribution in [2.75, 3.05) is 26.2 Å². The number of ether oxygens (including phenoxy) is 2. The van der Waals surface area contributed by atoms with Crippen LogP contribution in [0.1, 0.15) is 6.42 Å². The zero-order valence-corrected chi connectivity index (χ0v) is 16.5. The predicted molar refractivity (Wildman–Crippen MR) is 109 cm³/mol. The molecule has 2 N–H and O–H groups in total. The highest BCUT2D eigenvalue weighted by molar-refractivity contribution is 7.19. The molecule has 2 fully saturated rings. The Morgan fingerprint density at radius 3 is 2.72 bits per heavy atom. The summed E-state index contributed by atoms with van der Waals surface area (Å²) in [6.45, 7) is 3.04. The molecule has 8 nitrogen and oxygen atoms in total. The van der Waals surface area contributed by atoms with E-state index >= 15 is 0 Å². The molecule has 2 atom stereocenters. The molecule has 9 heteroatoms. The van der Waals surface area contributed by atoms with E-state index in [1.807, 2.05) is 36.4 Å². The van der Waals surface area contributed by atoms with Crippen molar-refractivity contribution in [3.8, 4) is 16.7 Å². The van der Waals surface area contributed by atoms with Crippen LogP contribution in [0.2, 0.25) is 0 Å². The van der Waals surface area contributed by atoms with Gasteiger partial charge in [0, 0.05) is 37.9 Å². The van der Waals surface area contributed by atoms with Gasteiger partial charge in [-0.3, -0.25) is 4.90 Å². The van der Waals surface area contributed by atoms with Crippen molar-refractivity contribution < 1.29 is 14.3 Å². The Morgan fingerprint density at radius 2 is 2.00 bits per heavy atom. The number of fused-ring (bicyclic) bond motifs is 3. The number of aromatic nitrogens is 2. The van der Waals surface area contributed by atoms with Crippen LogP contribution in [-0.4, -0.2) is 64.1 Å². The molecule has 2 amide bonds. The molecule has 29 heavy (non-hydrogen) atoms. The minimum Gasteiger partial charge on any atom is -0.492 e. The first-order chi connectivity index (χ1) is 14.2. The molecule has 5 rings (SSSR count). The van der Waals surface area contributed by atoms with Crippen LogP contribution in [0.3, 0.4) is 0 Å². The van der Waals surface area contributed by atoms with E-state index in [2.05, 4.69) is 14.9 Å². The van der Waals surface area contributed by atoms with Gasteiger partial charge in [-0.2, -0.15) is 0 Å². The SMILES string of the molecule is NC(=O)N1C[C@@H]2C[C@H]1CN2CCOc1ccc(Oc2nc3cccnc3s2)cc1. The van der Waals surface area contributed by atoms with Gasteiger partial charge in [-0.05, 0) is 42.8 Å². The molecule has 2 aliphatic heterocycles. The van der Waals surface area contributed by atoms with E-state index in [1.54, 1.807) is 11.1 Å². The van der Waals surface area contributed by atoms with E-state index in [0.29, 0.717) is 23.6 Å². The summed E-state index contributed by atoms with van der Waals surface area (Å²) in [4.78, 5) is 25.1. The Labute approximate surface area is 171 Å². The van der Waals surface area contributed by atoms with Gasteiger partial charge in [-0.25, -0.2) is 14.8 Å². The van der Waals surface area contributed by atoms with Crippen LogP contribution in [0, 0.1) is 0 Å². The second-order valence-electron chi connectivity index (χ2n) is 7.26. The lowest BCUT2D eigenvalue weighted by molar-refractivity contribution is 0.127. The predicted octanol–water partition coefficient (Wildman–Crippen LogP) is 2.70. The van der Waals surface area contributed by atoms with E-state index in [0.717, 1.165) is 42.2 Å². The van der Waals surface area contributed by atoms with Crippen molar-refractivity contribution >= 4 is 27.7 Å². The quantitative estimate of drug-likeness (QED) is 0.670. The zero-order chi connectivity index (χ0) is 19.8. The molecular weight excluding hydrogens is 390 g/mol. The van der Waals surface area contributed by atoms with E-state index in [1.165, 1.54) is 11.3 Å². The van der Waals surface area contributed by atoms with Crippen LogP contribution >= 0.6 is 11.3 Å². The maximum absolute atomic E-state index is 11.4.